The summed E-state index contributed by atoms with van der Waals surface area (Å²) in [6.45, 7) is 2.33. The van der Waals surface area contributed by atoms with E-state index in [9.17, 15) is 0 Å². The van der Waals surface area contributed by atoms with Crippen LogP contribution in [-0.2, 0) is 0 Å². The molecule has 1 aliphatic carbocycles. The normalized spacial score (nSPS) is 28.8. The van der Waals surface area contributed by atoms with E-state index in [-0.39, 0.29) is 0 Å². The van der Waals surface area contributed by atoms with Crippen LogP contribution in [0.1, 0.15) is 51.9 Å². The molecule has 1 atom stereocenters. The molecule has 0 bridgehead atoms. The lowest BCUT2D eigenvalue weighted by Crippen LogP contribution is -2.01. The second kappa shape index (κ2) is 4.87. The summed E-state index contributed by atoms with van der Waals surface area (Å²) < 4.78 is 0. The number of thiocarbonyl (C=S) groups is 1. The van der Waals surface area contributed by atoms with Crippen molar-refractivity contribution in [1.29, 1.82) is 0 Å². The van der Waals surface area contributed by atoms with Gasteiger partial charge >= 0.3 is 0 Å². The molecule has 0 nitrogen and oxygen atoms in total. The van der Waals surface area contributed by atoms with Gasteiger partial charge in [-0.2, -0.15) is 0 Å². The second-order valence-corrected chi connectivity index (χ2v) is 4.38. The third-order valence-corrected chi connectivity index (χ3v) is 2.85. The average molecular weight is 170 g/mol. The molecule has 1 saturated carbocycles. The molecule has 0 amide bonds. The van der Waals surface area contributed by atoms with Crippen molar-refractivity contribution < 1.29 is 0 Å². The van der Waals surface area contributed by atoms with Crippen LogP contribution in [0.4, 0.5) is 0 Å². The Morgan fingerprint density at radius 2 is 1.91 bits per heavy atom. The molecular weight excluding hydrogens is 152 g/mol. The summed E-state index contributed by atoms with van der Waals surface area (Å²) in [4.78, 5) is 1.32. The van der Waals surface area contributed by atoms with Crippen molar-refractivity contribution in [1.82, 2.24) is 0 Å². The first-order valence-corrected chi connectivity index (χ1v) is 5.21. The van der Waals surface area contributed by atoms with Crippen molar-refractivity contribution >= 4 is 17.1 Å². The number of hydrogen-bond donors (Lipinski definition) is 0. The van der Waals surface area contributed by atoms with E-state index in [1.165, 1.54) is 49.8 Å². The van der Waals surface area contributed by atoms with Gasteiger partial charge in [0.1, 0.15) is 0 Å². The maximum atomic E-state index is 5.29. The molecule has 0 saturated heterocycles. The summed E-state index contributed by atoms with van der Waals surface area (Å²) in [6.07, 6.45) is 9.38. The van der Waals surface area contributed by atoms with Crippen LogP contribution >= 0.6 is 12.2 Å². The molecule has 1 unspecified atom stereocenters. The number of rotatable bonds is 0. The van der Waals surface area contributed by atoms with Crippen LogP contribution in [0.15, 0.2) is 0 Å². The smallest absolute Gasteiger partial charge is 0.00688 e. The molecule has 11 heavy (non-hydrogen) atoms. The molecule has 0 radical (unpaired) electrons. The molecule has 1 rings (SSSR count). The Morgan fingerprint density at radius 3 is 2.73 bits per heavy atom. The first-order chi connectivity index (χ1) is 5.29. The lowest BCUT2D eigenvalue weighted by Gasteiger charge is -2.08. The third-order valence-electron chi connectivity index (χ3n) is 2.48. The molecule has 0 aliphatic heterocycles. The summed E-state index contributed by atoms with van der Waals surface area (Å²) in [6, 6.07) is 0. The molecule has 1 aliphatic rings. The van der Waals surface area contributed by atoms with Gasteiger partial charge in [0.2, 0.25) is 0 Å². The summed E-state index contributed by atoms with van der Waals surface area (Å²) >= 11 is 5.29. The minimum Gasteiger partial charge on any atom is -0.0897 e. The highest BCUT2D eigenvalue weighted by atomic mass is 32.1. The Morgan fingerprint density at radius 1 is 1.18 bits per heavy atom. The quantitative estimate of drug-likeness (QED) is 0.499. The first kappa shape index (κ1) is 9.18. The molecule has 0 spiro atoms. The van der Waals surface area contributed by atoms with Crippen LogP contribution in [0.5, 0.6) is 0 Å². The van der Waals surface area contributed by atoms with E-state index in [4.69, 9.17) is 12.2 Å². The van der Waals surface area contributed by atoms with Gasteiger partial charge in [-0.3, -0.25) is 0 Å². The van der Waals surface area contributed by atoms with Crippen LogP contribution in [0, 0.1) is 5.92 Å². The van der Waals surface area contributed by atoms with Crippen molar-refractivity contribution in [3.8, 4) is 0 Å². The predicted octanol–water partition coefficient (Wildman–Crippen LogP) is 3.74. The summed E-state index contributed by atoms with van der Waals surface area (Å²) in [5.74, 6) is 0.848. The average Bonchev–Trinajstić information content (AvgIpc) is 2.02. The van der Waals surface area contributed by atoms with Gasteiger partial charge < -0.3 is 0 Å². The Bertz CT molecular complexity index is 129. The van der Waals surface area contributed by atoms with Gasteiger partial charge in [-0.1, -0.05) is 44.8 Å². The molecule has 1 heteroatoms. The fourth-order valence-corrected chi connectivity index (χ4v) is 2.19. The zero-order valence-corrected chi connectivity index (χ0v) is 8.25. The zero-order chi connectivity index (χ0) is 8.10. The molecule has 0 aromatic heterocycles. The molecular formula is C10H18S. The van der Waals surface area contributed by atoms with Crippen molar-refractivity contribution in [2.45, 2.75) is 51.9 Å². The summed E-state index contributed by atoms with van der Waals surface area (Å²) in [5.41, 5.74) is 0. The SMILES string of the molecule is CC1CCCCCCC(=S)C1. The molecule has 64 valence electrons. The van der Waals surface area contributed by atoms with Crippen molar-refractivity contribution in [3.05, 3.63) is 0 Å². The van der Waals surface area contributed by atoms with E-state index in [0.717, 1.165) is 5.92 Å². The van der Waals surface area contributed by atoms with Crippen LogP contribution in [0.3, 0.4) is 0 Å². The maximum Gasteiger partial charge on any atom is -0.00688 e. The van der Waals surface area contributed by atoms with Gasteiger partial charge in [0.25, 0.3) is 0 Å². The van der Waals surface area contributed by atoms with Crippen LogP contribution in [-0.4, -0.2) is 4.86 Å². The minimum absolute atomic E-state index is 0.848. The van der Waals surface area contributed by atoms with Gasteiger partial charge in [-0.25, -0.2) is 0 Å². The van der Waals surface area contributed by atoms with E-state index >= 15 is 0 Å². The first-order valence-electron chi connectivity index (χ1n) is 4.81. The number of hydrogen-bond acceptors (Lipinski definition) is 1. The highest BCUT2D eigenvalue weighted by Crippen LogP contribution is 2.19. The maximum absolute atomic E-state index is 5.29. The Kier molecular flexibility index (Phi) is 4.06. The van der Waals surface area contributed by atoms with E-state index < -0.39 is 0 Å². The lowest BCUT2D eigenvalue weighted by atomic mass is 9.99. The van der Waals surface area contributed by atoms with E-state index in [1.54, 1.807) is 0 Å². The van der Waals surface area contributed by atoms with Crippen LogP contribution in [0.2, 0.25) is 0 Å². The standard InChI is InChI=1S/C10H18S/c1-9-6-4-2-3-5-7-10(11)8-9/h9H,2-8H2,1H3. The highest BCUT2D eigenvalue weighted by Gasteiger charge is 2.08. The van der Waals surface area contributed by atoms with Gasteiger partial charge in [0, 0.05) is 0 Å². The summed E-state index contributed by atoms with van der Waals surface area (Å²) in [7, 11) is 0. The monoisotopic (exact) mass is 170 g/mol. The molecule has 0 aromatic carbocycles. The Balaban J connectivity index is 2.33. The predicted molar refractivity (Wildman–Crippen MR) is 54.1 cm³/mol. The van der Waals surface area contributed by atoms with Gasteiger partial charge in [-0.15, -0.1) is 0 Å². The lowest BCUT2D eigenvalue weighted by molar-refractivity contribution is 0.514. The van der Waals surface area contributed by atoms with Gasteiger partial charge in [-0.05, 0) is 30.0 Å². The highest BCUT2D eigenvalue weighted by molar-refractivity contribution is 7.80. The topological polar surface area (TPSA) is 0 Å². The van der Waals surface area contributed by atoms with Gasteiger partial charge in [0.05, 0.1) is 0 Å². The fourth-order valence-electron chi connectivity index (χ4n) is 1.76. The van der Waals surface area contributed by atoms with E-state index in [2.05, 4.69) is 6.92 Å². The minimum atomic E-state index is 0.848. The van der Waals surface area contributed by atoms with E-state index in [1.807, 2.05) is 0 Å². The molecule has 1 fully saturated rings. The molecule has 0 aromatic rings. The second-order valence-electron chi connectivity index (χ2n) is 3.80. The largest absolute Gasteiger partial charge is 0.0897 e. The van der Waals surface area contributed by atoms with Gasteiger partial charge in [0.15, 0.2) is 0 Å². The molecule has 0 heterocycles. The van der Waals surface area contributed by atoms with Crippen LogP contribution < -0.4 is 0 Å². The fraction of sp³-hybridized carbons (Fsp3) is 0.900. The summed E-state index contributed by atoms with van der Waals surface area (Å²) in [5, 5.41) is 0. The Labute approximate surface area is 75.4 Å². The zero-order valence-electron chi connectivity index (χ0n) is 7.44. The third kappa shape index (κ3) is 3.85. The Hall–Kier alpha value is 0.0900. The van der Waals surface area contributed by atoms with Crippen LogP contribution in [0.25, 0.3) is 0 Å². The van der Waals surface area contributed by atoms with Crippen molar-refractivity contribution in [3.63, 3.8) is 0 Å². The molecule has 0 N–H and O–H groups in total. The van der Waals surface area contributed by atoms with E-state index in [0.29, 0.717) is 0 Å². The van der Waals surface area contributed by atoms with Crippen molar-refractivity contribution in [2.24, 2.45) is 5.92 Å². The van der Waals surface area contributed by atoms with Crippen molar-refractivity contribution in [2.75, 3.05) is 0 Å².